The third-order valence-electron chi connectivity index (χ3n) is 3.50. The monoisotopic (exact) mass is 457 g/mol. The van der Waals surface area contributed by atoms with Gasteiger partial charge >= 0.3 is 12.2 Å². The number of nitrogens with zero attached hydrogens (tertiary/aromatic N) is 2. The second-order valence-electron chi connectivity index (χ2n) is 6.90. The normalized spacial score (nSPS) is 14.5. The lowest BCUT2D eigenvalue weighted by Crippen LogP contribution is -2.36. The first-order valence-electron chi connectivity index (χ1n) is 8.12. The molecule has 0 fully saturated rings. The molecule has 0 radical (unpaired) electrons. The highest BCUT2D eigenvalue weighted by Crippen LogP contribution is 2.31. The molecule has 0 saturated heterocycles. The van der Waals surface area contributed by atoms with E-state index in [1.54, 1.807) is 20.8 Å². The van der Waals surface area contributed by atoms with Crippen LogP contribution in [0.25, 0.3) is 0 Å². The lowest BCUT2D eigenvalue weighted by Gasteiger charge is -2.25. The Hall–Kier alpha value is -1.85. The van der Waals surface area contributed by atoms with Gasteiger partial charge in [-0.25, -0.2) is 27.7 Å². The van der Waals surface area contributed by atoms with Gasteiger partial charge in [0.25, 0.3) is 0 Å². The Labute approximate surface area is 171 Å². The van der Waals surface area contributed by atoms with Crippen LogP contribution in [0, 0.1) is 11.6 Å². The van der Waals surface area contributed by atoms with Crippen molar-refractivity contribution in [3.63, 3.8) is 0 Å². The van der Waals surface area contributed by atoms with Crippen molar-refractivity contribution in [2.45, 2.75) is 37.7 Å². The highest BCUT2D eigenvalue weighted by molar-refractivity contribution is 7.84. The first-order valence-corrected chi connectivity index (χ1v) is 9.65. The van der Waals surface area contributed by atoms with Gasteiger partial charge in [-0.2, -0.15) is 13.2 Å². The topological polar surface area (TPSA) is 64.1 Å². The van der Waals surface area contributed by atoms with Gasteiger partial charge in [0.15, 0.2) is 6.61 Å². The fraction of sp³-hybridized carbons (Fsp3) is 0.412. The maximum absolute atomic E-state index is 14.6. The highest BCUT2D eigenvalue weighted by Gasteiger charge is 2.30. The standard InChI is InChI=1S/C17H17ClF5N3O2S/c1-16(2,3)29(27)26-14(10-4-5-11(19)12(18)13(10)20)9-6-24-15(25-7-9)28-8-17(21,22)23/h4-7,14,26H,8H2,1-3H3. The van der Waals surface area contributed by atoms with Crippen LogP contribution < -0.4 is 9.46 Å². The molecule has 0 bridgehead atoms. The third kappa shape index (κ3) is 6.31. The van der Waals surface area contributed by atoms with E-state index in [-0.39, 0.29) is 11.1 Å². The van der Waals surface area contributed by atoms with Crippen LogP contribution in [0.15, 0.2) is 24.5 Å². The summed E-state index contributed by atoms with van der Waals surface area (Å²) >= 11 is 5.64. The molecule has 29 heavy (non-hydrogen) atoms. The molecule has 2 atom stereocenters. The number of hydrogen-bond acceptors (Lipinski definition) is 4. The molecular weight excluding hydrogens is 441 g/mol. The summed E-state index contributed by atoms with van der Waals surface area (Å²) in [7, 11) is -1.70. The first kappa shape index (κ1) is 23.4. The molecule has 0 aliphatic rings. The maximum Gasteiger partial charge on any atom is 0.422 e. The van der Waals surface area contributed by atoms with Crippen LogP contribution in [0.3, 0.4) is 0 Å². The summed E-state index contributed by atoms with van der Waals surface area (Å²) in [5.41, 5.74) is 0.0186. The third-order valence-corrected chi connectivity index (χ3v) is 5.41. The predicted octanol–water partition coefficient (Wildman–Crippen LogP) is 4.49. The summed E-state index contributed by atoms with van der Waals surface area (Å²) in [6.07, 6.45) is -2.39. The van der Waals surface area contributed by atoms with Crippen LogP contribution in [0.4, 0.5) is 22.0 Å². The van der Waals surface area contributed by atoms with E-state index in [9.17, 15) is 26.2 Å². The van der Waals surface area contributed by atoms with Crippen LogP contribution in [0.2, 0.25) is 5.02 Å². The van der Waals surface area contributed by atoms with Gasteiger partial charge in [-0.15, -0.1) is 0 Å². The Morgan fingerprint density at radius 2 is 1.76 bits per heavy atom. The Balaban J connectivity index is 2.40. The fourth-order valence-electron chi connectivity index (χ4n) is 2.05. The minimum atomic E-state index is -4.57. The average Bonchev–Trinajstić information content (AvgIpc) is 2.62. The van der Waals surface area contributed by atoms with Crippen LogP contribution in [-0.4, -0.2) is 31.7 Å². The lowest BCUT2D eigenvalue weighted by atomic mass is 10.0. The van der Waals surface area contributed by atoms with Crippen molar-refractivity contribution in [2.75, 3.05) is 6.61 Å². The summed E-state index contributed by atoms with van der Waals surface area (Å²) in [6.45, 7) is 3.44. The maximum atomic E-state index is 14.6. The minimum absolute atomic E-state index is 0.137. The van der Waals surface area contributed by atoms with Gasteiger partial charge < -0.3 is 4.74 Å². The SMILES string of the molecule is CC(C)(C)S(=O)NC(c1cnc(OCC(F)(F)F)nc1)c1ccc(F)c(Cl)c1F. The molecule has 1 N–H and O–H groups in total. The summed E-state index contributed by atoms with van der Waals surface area (Å²) in [5.74, 6) is -2.05. The number of alkyl halides is 3. The molecule has 5 nitrogen and oxygen atoms in total. The second-order valence-corrected chi connectivity index (χ2v) is 9.28. The quantitative estimate of drug-likeness (QED) is 0.513. The largest absolute Gasteiger partial charge is 0.454 e. The molecule has 1 heterocycles. The van der Waals surface area contributed by atoms with Gasteiger partial charge in [0.1, 0.15) is 16.7 Å². The van der Waals surface area contributed by atoms with E-state index in [0.717, 1.165) is 24.5 Å². The van der Waals surface area contributed by atoms with E-state index in [0.29, 0.717) is 0 Å². The van der Waals surface area contributed by atoms with E-state index in [2.05, 4.69) is 19.4 Å². The molecule has 12 heteroatoms. The van der Waals surface area contributed by atoms with Crippen molar-refractivity contribution in [2.24, 2.45) is 0 Å². The van der Waals surface area contributed by atoms with Crippen LogP contribution in [0.5, 0.6) is 6.01 Å². The predicted molar refractivity (Wildman–Crippen MR) is 97.8 cm³/mol. The molecule has 1 aromatic carbocycles. The molecule has 0 saturated carbocycles. The van der Waals surface area contributed by atoms with E-state index in [4.69, 9.17) is 11.6 Å². The van der Waals surface area contributed by atoms with Crippen molar-refractivity contribution in [1.82, 2.24) is 14.7 Å². The molecule has 160 valence electrons. The summed E-state index contributed by atoms with van der Waals surface area (Å²) in [5, 5.41) is -0.748. The van der Waals surface area contributed by atoms with Crippen molar-refractivity contribution in [3.05, 3.63) is 52.3 Å². The molecule has 0 amide bonds. The zero-order valence-corrected chi connectivity index (χ0v) is 17.1. The van der Waals surface area contributed by atoms with Gasteiger partial charge in [0, 0.05) is 23.5 Å². The summed E-state index contributed by atoms with van der Waals surface area (Å²) in [4.78, 5) is 7.33. The number of aromatic nitrogens is 2. The van der Waals surface area contributed by atoms with Crippen LogP contribution in [0.1, 0.15) is 37.9 Å². The zero-order valence-electron chi connectivity index (χ0n) is 15.5. The van der Waals surface area contributed by atoms with E-state index in [1.807, 2.05) is 0 Å². The van der Waals surface area contributed by atoms with Crippen molar-refractivity contribution in [3.8, 4) is 6.01 Å². The number of halogens is 6. The summed E-state index contributed by atoms with van der Waals surface area (Å²) in [6, 6.07) is 0.392. The van der Waals surface area contributed by atoms with Crippen molar-refractivity contribution >= 4 is 22.6 Å². The van der Waals surface area contributed by atoms with Crippen LogP contribution in [-0.2, 0) is 11.0 Å². The minimum Gasteiger partial charge on any atom is -0.454 e. The number of rotatable bonds is 6. The molecule has 2 unspecified atom stereocenters. The van der Waals surface area contributed by atoms with E-state index < -0.39 is 57.2 Å². The Bertz CT molecular complexity index is 888. The highest BCUT2D eigenvalue weighted by atomic mass is 35.5. The Kier molecular flexibility index (Phi) is 7.18. The van der Waals surface area contributed by atoms with Gasteiger partial charge in [-0.05, 0) is 26.8 Å². The average molecular weight is 458 g/mol. The second kappa shape index (κ2) is 8.88. The Morgan fingerprint density at radius 1 is 1.17 bits per heavy atom. The fourth-order valence-corrected chi connectivity index (χ4v) is 3.06. The summed E-state index contributed by atoms with van der Waals surface area (Å²) < 4.78 is 83.7. The number of hydrogen-bond donors (Lipinski definition) is 1. The lowest BCUT2D eigenvalue weighted by molar-refractivity contribution is -0.154. The molecule has 2 aromatic rings. The van der Waals surface area contributed by atoms with Gasteiger partial charge in [0.2, 0.25) is 0 Å². The zero-order chi connectivity index (χ0) is 22.0. The van der Waals surface area contributed by atoms with Crippen molar-refractivity contribution in [1.29, 1.82) is 0 Å². The Morgan fingerprint density at radius 3 is 2.28 bits per heavy atom. The van der Waals surface area contributed by atoms with Gasteiger partial charge in [-0.1, -0.05) is 17.7 Å². The molecule has 0 aliphatic heterocycles. The number of ether oxygens (including phenoxy) is 1. The van der Waals surface area contributed by atoms with Gasteiger partial charge in [-0.3, -0.25) is 0 Å². The first-order chi connectivity index (χ1) is 13.3. The smallest absolute Gasteiger partial charge is 0.422 e. The molecule has 0 spiro atoms. The number of nitrogens with one attached hydrogen (secondary N) is 1. The molecule has 2 rings (SSSR count). The van der Waals surface area contributed by atoms with E-state index >= 15 is 0 Å². The van der Waals surface area contributed by atoms with Gasteiger partial charge in [0.05, 0.1) is 21.8 Å². The van der Waals surface area contributed by atoms with E-state index in [1.165, 1.54) is 0 Å². The molecular formula is C17H17ClF5N3O2S. The number of benzene rings is 1. The molecule has 1 aromatic heterocycles. The van der Waals surface area contributed by atoms with Crippen LogP contribution >= 0.6 is 11.6 Å². The van der Waals surface area contributed by atoms with Crippen molar-refractivity contribution < 1.29 is 30.9 Å². The molecule has 0 aliphatic carbocycles.